The second-order valence-corrected chi connectivity index (χ2v) is 6.40. The summed E-state index contributed by atoms with van der Waals surface area (Å²) in [6, 6.07) is 8.54. The van der Waals surface area contributed by atoms with Crippen molar-refractivity contribution in [3.63, 3.8) is 0 Å². The maximum absolute atomic E-state index is 12.3. The summed E-state index contributed by atoms with van der Waals surface area (Å²) < 4.78 is 9.13. The van der Waals surface area contributed by atoms with Crippen LogP contribution >= 0.6 is 50.9 Å². The Hall–Kier alpha value is -1.21. The van der Waals surface area contributed by atoms with Crippen molar-refractivity contribution in [3.8, 4) is 0 Å². The molecule has 0 fully saturated rings. The van der Waals surface area contributed by atoms with Crippen LogP contribution in [-0.4, -0.2) is 14.7 Å². The lowest BCUT2D eigenvalue weighted by Gasteiger charge is -2.08. The van der Waals surface area contributed by atoms with E-state index < -0.39 is 0 Å². The number of rotatable bonds is 2. The lowest BCUT2D eigenvalue weighted by molar-refractivity contribution is 0.102. The van der Waals surface area contributed by atoms with E-state index in [4.69, 9.17) is 23.2 Å². The molecule has 0 aliphatic heterocycles. The average molecular weight is 403 g/mol. The van der Waals surface area contributed by atoms with Gasteiger partial charge in [-0.2, -0.15) is 8.75 Å². The summed E-state index contributed by atoms with van der Waals surface area (Å²) in [6.45, 7) is 0. The SMILES string of the molecule is O=C(Nc1c(Cl)cc(Cl)c2nsnc12)c1ccc(Br)cc1. The van der Waals surface area contributed by atoms with Gasteiger partial charge >= 0.3 is 0 Å². The van der Waals surface area contributed by atoms with Gasteiger partial charge in [0.2, 0.25) is 0 Å². The maximum atomic E-state index is 12.3. The summed E-state index contributed by atoms with van der Waals surface area (Å²) in [5.41, 5.74) is 1.94. The molecule has 1 N–H and O–H groups in total. The number of amides is 1. The molecule has 0 radical (unpaired) electrons. The van der Waals surface area contributed by atoms with E-state index in [1.165, 1.54) is 0 Å². The first-order chi connectivity index (χ1) is 10.1. The van der Waals surface area contributed by atoms with Gasteiger partial charge < -0.3 is 5.32 Å². The molecule has 1 heterocycles. The number of hydrogen-bond donors (Lipinski definition) is 1. The highest BCUT2D eigenvalue weighted by Crippen LogP contribution is 2.35. The fraction of sp³-hybridized carbons (Fsp3) is 0. The summed E-state index contributed by atoms with van der Waals surface area (Å²) >= 11 is 16.5. The Morgan fingerprint density at radius 2 is 1.76 bits per heavy atom. The number of anilines is 1. The number of nitrogens with zero attached hydrogens (tertiary/aromatic N) is 2. The number of nitrogens with one attached hydrogen (secondary N) is 1. The fourth-order valence-electron chi connectivity index (χ4n) is 1.78. The molecule has 3 rings (SSSR count). The third kappa shape index (κ3) is 2.89. The Morgan fingerprint density at radius 1 is 1.10 bits per heavy atom. The summed E-state index contributed by atoms with van der Waals surface area (Å²) in [6.07, 6.45) is 0. The smallest absolute Gasteiger partial charge is 0.255 e. The van der Waals surface area contributed by atoms with Gasteiger partial charge in [0.05, 0.1) is 27.5 Å². The first-order valence-electron chi connectivity index (χ1n) is 5.73. The van der Waals surface area contributed by atoms with Gasteiger partial charge in [-0.25, -0.2) is 0 Å². The standard InChI is InChI=1S/C13H6BrCl2N3OS/c14-7-3-1-6(2-4-7)13(20)17-10-8(15)5-9(16)11-12(10)19-21-18-11/h1-5H,(H,17,20). The van der Waals surface area contributed by atoms with E-state index in [9.17, 15) is 4.79 Å². The molecule has 1 aromatic heterocycles. The minimum absolute atomic E-state index is 0.277. The van der Waals surface area contributed by atoms with Crippen LogP contribution in [0.3, 0.4) is 0 Å². The molecule has 0 aliphatic rings. The Labute approximate surface area is 142 Å². The third-order valence-corrected chi connectivity index (χ3v) is 4.43. The Bertz CT molecular complexity index is 835. The van der Waals surface area contributed by atoms with Gasteiger partial charge in [0.1, 0.15) is 11.0 Å². The van der Waals surface area contributed by atoms with E-state index in [1.807, 2.05) is 0 Å². The molecule has 21 heavy (non-hydrogen) atoms. The molecule has 4 nitrogen and oxygen atoms in total. The summed E-state index contributed by atoms with van der Waals surface area (Å²) in [7, 11) is 0. The second kappa shape index (κ2) is 5.88. The number of fused-ring (bicyclic) bond motifs is 1. The third-order valence-electron chi connectivity index (χ3n) is 2.79. The van der Waals surface area contributed by atoms with Crippen molar-refractivity contribution >= 4 is 73.5 Å². The van der Waals surface area contributed by atoms with E-state index >= 15 is 0 Å². The lowest BCUT2D eigenvalue weighted by Crippen LogP contribution is -2.12. The quantitative estimate of drug-likeness (QED) is 0.655. The van der Waals surface area contributed by atoms with E-state index in [0.29, 0.717) is 32.3 Å². The second-order valence-electron chi connectivity index (χ2n) is 4.14. The highest BCUT2D eigenvalue weighted by atomic mass is 79.9. The van der Waals surface area contributed by atoms with Gasteiger partial charge in [0.15, 0.2) is 0 Å². The van der Waals surface area contributed by atoms with E-state index in [0.717, 1.165) is 16.2 Å². The van der Waals surface area contributed by atoms with Crippen molar-refractivity contribution in [2.24, 2.45) is 0 Å². The molecule has 3 aromatic rings. The topological polar surface area (TPSA) is 54.9 Å². The Balaban J connectivity index is 2.00. The van der Waals surface area contributed by atoms with Gasteiger partial charge in [-0.05, 0) is 30.3 Å². The van der Waals surface area contributed by atoms with Crippen molar-refractivity contribution in [2.75, 3.05) is 5.32 Å². The number of carbonyl (C=O) groups is 1. The van der Waals surface area contributed by atoms with Crippen LogP contribution in [0.4, 0.5) is 5.69 Å². The van der Waals surface area contributed by atoms with Crippen LogP contribution in [0.2, 0.25) is 10.0 Å². The summed E-state index contributed by atoms with van der Waals surface area (Å²) in [5.74, 6) is -0.277. The zero-order valence-corrected chi connectivity index (χ0v) is 14.1. The molecule has 0 atom stereocenters. The molecule has 0 saturated heterocycles. The van der Waals surface area contributed by atoms with Crippen LogP contribution in [0.1, 0.15) is 10.4 Å². The van der Waals surface area contributed by atoms with Crippen molar-refractivity contribution in [2.45, 2.75) is 0 Å². The molecule has 106 valence electrons. The number of halogens is 3. The number of aromatic nitrogens is 2. The zero-order valence-electron chi connectivity index (χ0n) is 10.2. The van der Waals surface area contributed by atoms with Gasteiger partial charge in [-0.1, -0.05) is 39.1 Å². The molecule has 0 aliphatic carbocycles. The normalized spacial score (nSPS) is 10.8. The minimum atomic E-state index is -0.277. The molecule has 8 heteroatoms. The van der Waals surface area contributed by atoms with Gasteiger partial charge in [0, 0.05) is 10.0 Å². The van der Waals surface area contributed by atoms with Crippen molar-refractivity contribution in [3.05, 3.63) is 50.4 Å². The lowest BCUT2D eigenvalue weighted by atomic mass is 10.2. The Morgan fingerprint density at radius 3 is 2.48 bits per heavy atom. The molecule has 0 saturated carbocycles. The molecule has 0 unspecified atom stereocenters. The number of carbonyl (C=O) groups excluding carboxylic acids is 1. The van der Waals surface area contributed by atoms with Crippen LogP contribution in [0, 0.1) is 0 Å². The zero-order chi connectivity index (χ0) is 15.0. The highest BCUT2D eigenvalue weighted by Gasteiger charge is 2.16. The van der Waals surface area contributed by atoms with Crippen LogP contribution in [0.25, 0.3) is 11.0 Å². The predicted molar refractivity (Wildman–Crippen MR) is 89.5 cm³/mol. The van der Waals surface area contributed by atoms with Crippen molar-refractivity contribution in [1.82, 2.24) is 8.75 Å². The molecule has 0 bridgehead atoms. The monoisotopic (exact) mass is 401 g/mol. The number of hydrogen-bond acceptors (Lipinski definition) is 4. The number of benzene rings is 2. The van der Waals surface area contributed by atoms with Crippen LogP contribution in [0.15, 0.2) is 34.8 Å². The minimum Gasteiger partial charge on any atom is -0.319 e. The fourth-order valence-corrected chi connectivity index (χ4v) is 3.20. The summed E-state index contributed by atoms with van der Waals surface area (Å²) in [5, 5.41) is 3.49. The molecule has 0 spiro atoms. The first kappa shape index (κ1) is 14.7. The largest absolute Gasteiger partial charge is 0.319 e. The maximum Gasteiger partial charge on any atom is 0.255 e. The van der Waals surface area contributed by atoms with E-state index in [-0.39, 0.29) is 5.91 Å². The average Bonchev–Trinajstić information content (AvgIpc) is 2.93. The van der Waals surface area contributed by atoms with E-state index in [2.05, 4.69) is 30.0 Å². The molecule has 2 aromatic carbocycles. The highest BCUT2D eigenvalue weighted by molar-refractivity contribution is 9.10. The van der Waals surface area contributed by atoms with Gasteiger partial charge in [0.25, 0.3) is 5.91 Å². The predicted octanol–water partition coefficient (Wildman–Crippen LogP) is 5.01. The van der Waals surface area contributed by atoms with Crippen LogP contribution in [-0.2, 0) is 0 Å². The Kier molecular flexibility index (Phi) is 4.12. The van der Waals surface area contributed by atoms with Gasteiger partial charge in [-0.3, -0.25) is 4.79 Å². The van der Waals surface area contributed by atoms with Gasteiger partial charge in [-0.15, -0.1) is 0 Å². The molecular weight excluding hydrogens is 397 g/mol. The van der Waals surface area contributed by atoms with E-state index in [1.54, 1.807) is 30.3 Å². The summed E-state index contributed by atoms with van der Waals surface area (Å²) in [4.78, 5) is 12.3. The van der Waals surface area contributed by atoms with Crippen molar-refractivity contribution in [1.29, 1.82) is 0 Å². The first-order valence-corrected chi connectivity index (χ1v) is 8.01. The van der Waals surface area contributed by atoms with Crippen LogP contribution < -0.4 is 5.32 Å². The molecular formula is C13H6BrCl2N3OS. The molecule has 1 amide bonds. The van der Waals surface area contributed by atoms with Crippen molar-refractivity contribution < 1.29 is 4.79 Å². The van der Waals surface area contributed by atoms with Crippen LogP contribution in [0.5, 0.6) is 0 Å².